The number of benzene rings is 1. The molecule has 1 aromatic carbocycles. The molecular weight excluding hydrogens is 302 g/mol. The van der Waals surface area contributed by atoms with E-state index in [0.29, 0.717) is 0 Å². The van der Waals surface area contributed by atoms with Crippen LogP contribution in [-0.2, 0) is 13.0 Å². The first-order chi connectivity index (χ1) is 11.2. The van der Waals surface area contributed by atoms with Gasteiger partial charge in [-0.3, -0.25) is 4.98 Å². The number of imidazole rings is 1. The topological polar surface area (TPSA) is 30.7 Å². The number of rotatable bonds is 6. The molecule has 0 N–H and O–H groups in total. The maximum Gasteiger partial charge on any atom is 0.109 e. The zero-order valence-electron chi connectivity index (χ0n) is 14.0. The molecule has 0 saturated heterocycles. The fourth-order valence-corrected chi connectivity index (χ4v) is 3.73. The summed E-state index contributed by atoms with van der Waals surface area (Å²) in [7, 11) is 0. The third-order valence-electron chi connectivity index (χ3n) is 4.21. The minimum absolute atomic E-state index is 0.957. The van der Waals surface area contributed by atoms with Crippen LogP contribution in [0.25, 0.3) is 11.0 Å². The van der Waals surface area contributed by atoms with E-state index in [1.807, 2.05) is 18.0 Å². The van der Waals surface area contributed by atoms with E-state index in [2.05, 4.69) is 60.7 Å². The van der Waals surface area contributed by atoms with Crippen molar-refractivity contribution in [2.75, 3.05) is 5.75 Å². The van der Waals surface area contributed by atoms with E-state index in [1.165, 1.54) is 21.8 Å². The molecule has 3 aromatic rings. The normalized spacial score (nSPS) is 11.3. The highest BCUT2D eigenvalue weighted by atomic mass is 32.2. The molecular formula is C19H23N3S. The Morgan fingerprint density at radius 3 is 2.65 bits per heavy atom. The first kappa shape index (κ1) is 16.1. The lowest BCUT2D eigenvalue weighted by atomic mass is 10.2. The van der Waals surface area contributed by atoms with Gasteiger partial charge in [-0.15, -0.1) is 11.8 Å². The molecule has 0 atom stereocenters. The van der Waals surface area contributed by atoms with E-state index >= 15 is 0 Å². The Bertz CT molecular complexity index is 793. The monoisotopic (exact) mass is 325 g/mol. The van der Waals surface area contributed by atoms with Crippen molar-refractivity contribution in [1.82, 2.24) is 14.5 Å². The molecule has 0 saturated carbocycles. The first-order valence-corrected chi connectivity index (χ1v) is 9.18. The zero-order valence-corrected chi connectivity index (χ0v) is 14.9. The summed E-state index contributed by atoms with van der Waals surface area (Å²) < 4.78 is 2.39. The van der Waals surface area contributed by atoms with Crippen LogP contribution in [0.4, 0.5) is 0 Å². The summed E-state index contributed by atoms with van der Waals surface area (Å²) in [4.78, 5) is 10.6. The van der Waals surface area contributed by atoms with Gasteiger partial charge in [0.2, 0.25) is 0 Å². The number of hydrogen-bond acceptors (Lipinski definition) is 3. The Hall–Kier alpha value is -1.81. The lowest BCUT2D eigenvalue weighted by molar-refractivity contribution is 0.662. The summed E-state index contributed by atoms with van der Waals surface area (Å²) in [5.74, 6) is 2.29. The largest absolute Gasteiger partial charge is 0.328 e. The van der Waals surface area contributed by atoms with Gasteiger partial charge >= 0.3 is 0 Å². The van der Waals surface area contributed by atoms with Gasteiger partial charge in [-0.05, 0) is 43.7 Å². The molecule has 2 heterocycles. The molecule has 0 radical (unpaired) electrons. The Morgan fingerprint density at radius 1 is 1.13 bits per heavy atom. The van der Waals surface area contributed by atoms with E-state index in [9.17, 15) is 0 Å². The number of fused-ring (bicyclic) bond motifs is 1. The number of hydrogen-bond donors (Lipinski definition) is 0. The van der Waals surface area contributed by atoms with Crippen molar-refractivity contribution in [3.05, 3.63) is 53.6 Å². The van der Waals surface area contributed by atoms with Gasteiger partial charge in [-0.1, -0.05) is 25.1 Å². The highest BCUT2D eigenvalue weighted by Gasteiger charge is 2.13. The van der Waals surface area contributed by atoms with Gasteiger partial charge < -0.3 is 4.57 Å². The highest BCUT2D eigenvalue weighted by Crippen LogP contribution is 2.23. The molecule has 120 valence electrons. The SMILES string of the molecule is CCc1nc2cnc(C)c(C)c2n1CCCSc1ccccc1. The molecule has 3 nitrogen and oxygen atoms in total. The van der Waals surface area contributed by atoms with Crippen molar-refractivity contribution in [1.29, 1.82) is 0 Å². The second-order valence-corrected chi connectivity index (χ2v) is 6.92. The van der Waals surface area contributed by atoms with Crippen LogP contribution in [0.2, 0.25) is 0 Å². The number of pyridine rings is 1. The summed E-state index contributed by atoms with van der Waals surface area (Å²) in [6.07, 6.45) is 4.00. The Labute approximate surface area is 142 Å². The number of nitrogens with zero attached hydrogens (tertiary/aromatic N) is 3. The van der Waals surface area contributed by atoms with Crippen LogP contribution >= 0.6 is 11.8 Å². The number of thioether (sulfide) groups is 1. The minimum Gasteiger partial charge on any atom is -0.328 e. The third kappa shape index (κ3) is 3.42. The number of aryl methyl sites for hydroxylation is 4. The van der Waals surface area contributed by atoms with Crippen LogP contribution in [0.5, 0.6) is 0 Å². The van der Waals surface area contributed by atoms with Gasteiger partial charge in [0.1, 0.15) is 11.3 Å². The molecule has 23 heavy (non-hydrogen) atoms. The predicted octanol–water partition coefficient (Wildman–Crippen LogP) is 4.79. The van der Waals surface area contributed by atoms with Crippen LogP contribution in [-0.4, -0.2) is 20.3 Å². The fraction of sp³-hybridized carbons (Fsp3) is 0.368. The van der Waals surface area contributed by atoms with Gasteiger partial charge in [-0.2, -0.15) is 0 Å². The molecule has 0 unspecified atom stereocenters. The molecule has 0 aliphatic heterocycles. The summed E-state index contributed by atoms with van der Waals surface area (Å²) in [5.41, 5.74) is 4.64. The predicted molar refractivity (Wildman–Crippen MR) is 98.2 cm³/mol. The third-order valence-corrected chi connectivity index (χ3v) is 5.30. The van der Waals surface area contributed by atoms with Crippen molar-refractivity contribution < 1.29 is 0 Å². The van der Waals surface area contributed by atoms with Crippen LogP contribution in [0, 0.1) is 13.8 Å². The van der Waals surface area contributed by atoms with Gasteiger partial charge in [0, 0.05) is 23.6 Å². The molecule has 0 aliphatic rings. The smallest absolute Gasteiger partial charge is 0.109 e. The van der Waals surface area contributed by atoms with Gasteiger partial charge in [-0.25, -0.2) is 4.98 Å². The summed E-state index contributed by atoms with van der Waals surface area (Å²) >= 11 is 1.92. The van der Waals surface area contributed by atoms with E-state index in [1.54, 1.807) is 0 Å². The molecule has 3 rings (SSSR count). The standard InChI is InChI=1S/C19H23N3S/c1-4-18-21-17-13-20-15(3)14(2)19(17)22(18)11-8-12-23-16-9-6-5-7-10-16/h5-7,9-10,13H,4,8,11-12H2,1-3H3. The van der Waals surface area contributed by atoms with Crippen LogP contribution in [0.3, 0.4) is 0 Å². The maximum atomic E-state index is 4.76. The summed E-state index contributed by atoms with van der Waals surface area (Å²) in [6, 6.07) is 10.6. The highest BCUT2D eigenvalue weighted by molar-refractivity contribution is 7.99. The van der Waals surface area contributed by atoms with Crippen molar-refractivity contribution in [3.63, 3.8) is 0 Å². The fourth-order valence-electron chi connectivity index (χ4n) is 2.87. The second-order valence-electron chi connectivity index (χ2n) is 5.75. The molecule has 0 spiro atoms. The molecule has 0 aliphatic carbocycles. The minimum atomic E-state index is 0.957. The van der Waals surface area contributed by atoms with Crippen molar-refractivity contribution in [3.8, 4) is 0 Å². The number of aromatic nitrogens is 3. The quantitative estimate of drug-likeness (QED) is 0.482. The average molecular weight is 325 g/mol. The average Bonchev–Trinajstić information content (AvgIpc) is 2.94. The van der Waals surface area contributed by atoms with Crippen LogP contribution in [0.1, 0.15) is 30.4 Å². The molecule has 0 fully saturated rings. The molecule has 4 heteroatoms. The van der Waals surface area contributed by atoms with E-state index in [-0.39, 0.29) is 0 Å². The van der Waals surface area contributed by atoms with Crippen molar-refractivity contribution in [2.45, 2.75) is 45.1 Å². The van der Waals surface area contributed by atoms with Gasteiger partial charge in [0.15, 0.2) is 0 Å². The Morgan fingerprint density at radius 2 is 1.91 bits per heavy atom. The van der Waals surface area contributed by atoms with Crippen molar-refractivity contribution in [2.24, 2.45) is 0 Å². The van der Waals surface area contributed by atoms with E-state index in [0.717, 1.165) is 36.3 Å². The van der Waals surface area contributed by atoms with Crippen molar-refractivity contribution >= 4 is 22.8 Å². The second kappa shape index (κ2) is 7.18. The summed E-state index contributed by atoms with van der Waals surface area (Å²) in [5, 5.41) is 0. The van der Waals surface area contributed by atoms with Gasteiger partial charge in [0.25, 0.3) is 0 Å². The van der Waals surface area contributed by atoms with Crippen LogP contribution in [0.15, 0.2) is 41.4 Å². The van der Waals surface area contributed by atoms with Gasteiger partial charge in [0.05, 0.1) is 11.7 Å². The molecule has 0 amide bonds. The molecule has 0 bridgehead atoms. The van der Waals surface area contributed by atoms with E-state index in [4.69, 9.17) is 4.98 Å². The van der Waals surface area contributed by atoms with Crippen LogP contribution < -0.4 is 0 Å². The maximum absolute atomic E-state index is 4.76. The van der Waals surface area contributed by atoms with E-state index < -0.39 is 0 Å². The lowest BCUT2D eigenvalue weighted by Crippen LogP contribution is -2.05. The Balaban J connectivity index is 1.75. The lowest BCUT2D eigenvalue weighted by Gasteiger charge is -2.10. The first-order valence-electron chi connectivity index (χ1n) is 8.20. The molecule has 2 aromatic heterocycles. The zero-order chi connectivity index (χ0) is 16.2. The Kier molecular flexibility index (Phi) is 5.01. The summed E-state index contributed by atoms with van der Waals surface area (Å²) in [6.45, 7) is 7.42.